The number of nitrogens with zero attached hydrogens (tertiary/aromatic N) is 3. The molecule has 3 N–H and O–H groups in total. The molecule has 8 heteroatoms. The van der Waals surface area contributed by atoms with Crippen LogP contribution in [0.4, 0.5) is 17.5 Å². The second-order valence-electron chi connectivity index (χ2n) is 3.55. The number of rotatable bonds is 4. The number of nitro groups is 1. The maximum atomic E-state index is 10.6. The highest BCUT2D eigenvalue weighted by Crippen LogP contribution is 2.29. The summed E-state index contributed by atoms with van der Waals surface area (Å²) >= 11 is 1.36. The molecule has 0 unspecified atom stereocenters. The zero-order valence-corrected chi connectivity index (χ0v) is 10.8. The number of anilines is 2. The molecule has 0 aliphatic heterocycles. The lowest BCUT2D eigenvalue weighted by atomic mass is 10.3. The van der Waals surface area contributed by atoms with Crippen molar-refractivity contribution in [1.82, 2.24) is 9.97 Å². The fraction of sp³-hybridized carbons (Fsp3) is 0.0909. The van der Waals surface area contributed by atoms with Gasteiger partial charge in [0.25, 0.3) is 5.69 Å². The summed E-state index contributed by atoms with van der Waals surface area (Å²) in [6, 6.07) is 7.99. The SMILES string of the molecule is CNc1cc(Sc2ccc([N+](=O)[O-])cc2)nc(N)n1. The Bertz CT molecular complexity index is 603. The predicted molar refractivity (Wildman–Crippen MR) is 73.2 cm³/mol. The van der Waals surface area contributed by atoms with Crippen LogP contribution in [0.3, 0.4) is 0 Å². The number of nitrogens with two attached hydrogens (primary N) is 1. The fourth-order valence-electron chi connectivity index (χ4n) is 1.38. The van der Waals surface area contributed by atoms with E-state index in [-0.39, 0.29) is 11.6 Å². The van der Waals surface area contributed by atoms with Crippen molar-refractivity contribution >= 4 is 29.2 Å². The van der Waals surface area contributed by atoms with Crippen LogP contribution < -0.4 is 11.1 Å². The highest BCUT2D eigenvalue weighted by molar-refractivity contribution is 7.99. The van der Waals surface area contributed by atoms with Gasteiger partial charge in [0.1, 0.15) is 10.8 Å². The monoisotopic (exact) mass is 277 g/mol. The Labute approximate surface area is 113 Å². The number of non-ortho nitro benzene ring substituents is 1. The van der Waals surface area contributed by atoms with Crippen molar-refractivity contribution in [3.63, 3.8) is 0 Å². The Balaban J connectivity index is 2.21. The highest BCUT2D eigenvalue weighted by atomic mass is 32.2. The predicted octanol–water partition coefficient (Wildman–Crippen LogP) is 2.16. The second-order valence-corrected chi connectivity index (χ2v) is 4.65. The molecule has 0 saturated heterocycles. The third-order valence-electron chi connectivity index (χ3n) is 2.25. The van der Waals surface area contributed by atoms with Gasteiger partial charge in [0.05, 0.1) is 4.92 Å². The number of benzene rings is 1. The van der Waals surface area contributed by atoms with E-state index in [0.717, 1.165) is 4.90 Å². The molecule has 0 spiro atoms. The number of hydrogen-bond donors (Lipinski definition) is 2. The van der Waals surface area contributed by atoms with Gasteiger partial charge in [0, 0.05) is 30.1 Å². The Hall–Kier alpha value is -2.35. The zero-order chi connectivity index (χ0) is 13.8. The van der Waals surface area contributed by atoms with Gasteiger partial charge < -0.3 is 11.1 Å². The van der Waals surface area contributed by atoms with Crippen LogP contribution in [0.5, 0.6) is 0 Å². The van der Waals surface area contributed by atoms with Gasteiger partial charge in [-0.2, -0.15) is 4.98 Å². The first-order valence-corrected chi connectivity index (χ1v) is 6.15. The van der Waals surface area contributed by atoms with Crippen LogP contribution in [0.1, 0.15) is 0 Å². The van der Waals surface area contributed by atoms with Crippen molar-refractivity contribution in [2.45, 2.75) is 9.92 Å². The quantitative estimate of drug-likeness (QED) is 0.501. The molecule has 1 aromatic heterocycles. The van der Waals surface area contributed by atoms with E-state index >= 15 is 0 Å². The summed E-state index contributed by atoms with van der Waals surface area (Å²) in [5.74, 6) is 0.799. The lowest BCUT2D eigenvalue weighted by Crippen LogP contribution is -2.00. The molecular weight excluding hydrogens is 266 g/mol. The van der Waals surface area contributed by atoms with Crippen LogP contribution in [0.25, 0.3) is 0 Å². The molecule has 7 nitrogen and oxygen atoms in total. The maximum absolute atomic E-state index is 10.6. The molecular formula is C11H11N5O2S. The van der Waals surface area contributed by atoms with Crippen LogP contribution in [-0.2, 0) is 0 Å². The number of hydrogen-bond acceptors (Lipinski definition) is 7. The molecule has 0 atom stereocenters. The van der Waals surface area contributed by atoms with E-state index in [1.807, 2.05) is 0 Å². The molecule has 0 aliphatic rings. The summed E-state index contributed by atoms with van der Waals surface area (Å²) in [6.07, 6.45) is 0. The van der Waals surface area contributed by atoms with Gasteiger partial charge in [0.15, 0.2) is 0 Å². The maximum Gasteiger partial charge on any atom is 0.269 e. The van der Waals surface area contributed by atoms with Crippen LogP contribution in [-0.4, -0.2) is 21.9 Å². The molecule has 0 saturated carbocycles. The lowest BCUT2D eigenvalue weighted by Gasteiger charge is -2.04. The molecule has 19 heavy (non-hydrogen) atoms. The molecule has 0 radical (unpaired) electrons. The summed E-state index contributed by atoms with van der Waals surface area (Å²) in [6.45, 7) is 0. The Morgan fingerprint density at radius 2 is 2.00 bits per heavy atom. The highest BCUT2D eigenvalue weighted by Gasteiger charge is 2.07. The van der Waals surface area contributed by atoms with E-state index in [0.29, 0.717) is 10.8 Å². The van der Waals surface area contributed by atoms with Crippen LogP contribution in [0, 0.1) is 10.1 Å². The van der Waals surface area contributed by atoms with Crippen LogP contribution in [0.15, 0.2) is 40.3 Å². The van der Waals surface area contributed by atoms with E-state index in [9.17, 15) is 10.1 Å². The molecule has 1 heterocycles. The molecule has 0 bridgehead atoms. The average molecular weight is 277 g/mol. The van der Waals surface area contributed by atoms with Gasteiger partial charge in [-0.3, -0.25) is 10.1 Å². The third kappa shape index (κ3) is 3.32. The summed E-state index contributed by atoms with van der Waals surface area (Å²) in [5.41, 5.74) is 5.65. The van der Waals surface area contributed by atoms with Crippen LogP contribution in [0.2, 0.25) is 0 Å². The van der Waals surface area contributed by atoms with Gasteiger partial charge >= 0.3 is 0 Å². The smallest absolute Gasteiger partial charge is 0.269 e. The average Bonchev–Trinajstić information content (AvgIpc) is 2.38. The van der Waals surface area contributed by atoms with Crippen molar-refractivity contribution in [3.8, 4) is 0 Å². The summed E-state index contributed by atoms with van der Waals surface area (Å²) in [5, 5.41) is 14.1. The van der Waals surface area contributed by atoms with Crippen LogP contribution >= 0.6 is 11.8 Å². The number of nitrogen functional groups attached to an aromatic ring is 1. The van der Waals surface area contributed by atoms with Gasteiger partial charge in [-0.25, -0.2) is 4.98 Å². The first-order valence-electron chi connectivity index (χ1n) is 5.33. The summed E-state index contributed by atoms with van der Waals surface area (Å²) < 4.78 is 0. The molecule has 0 fully saturated rings. The minimum atomic E-state index is -0.434. The summed E-state index contributed by atoms with van der Waals surface area (Å²) in [7, 11) is 1.74. The lowest BCUT2D eigenvalue weighted by molar-refractivity contribution is -0.384. The van der Waals surface area contributed by atoms with Crippen molar-refractivity contribution in [3.05, 3.63) is 40.4 Å². The molecule has 1 aromatic carbocycles. The van der Waals surface area contributed by atoms with Crippen molar-refractivity contribution in [1.29, 1.82) is 0 Å². The van der Waals surface area contributed by atoms with E-state index in [4.69, 9.17) is 5.73 Å². The molecule has 98 valence electrons. The fourth-order valence-corrected chi connectivity index (χ4v) is 2.20. The topological polar surface area (TPSA) is 107 Å². The van der Waals surface area contributed by atoms with Gasteiger partial charge in [-0.1, -0.05) is 11.8 Å². The normalized spacial score (nSPS) is 10.2. The third-order valence-corrected chi connectivity index (χ3v) is 3.17. The Morgan fingerprint density at radius 1 is 1.32 bits per heavy atom. The largest absolute Gasteiger partial charge is 0.373 e. The molecule has 0 amide bonds. The van der Waals surface area contributed by atoms with E-state index < -0.39 is 4.92 Å². The van der Waals surface area contributed by atoms with Gasteiger partial charge in [-0.15, -0.1) is 0 Å². The van der Waals surface area contributed by atoms with Crippen molar-refractivity contribution in [2.24, 2.45) is 0 Å². The minimum Gasteiger partial charge on any atom is -0.373 e. The van der Waals surface area contributed by atoms with E-state index in [1.165, 1.54) is 23.9 Å². The molecule has 0 aliphatic carbocycles. The van der Waals surface area contributed by atoms with E-state index in [2.05, 4.69) is 15.3 Å². The Kier molecular flexibility index (Phi) is 3.81. The summed E-state index contributed by atoms with van der Waals surface area (Å²) in [4.78, 5) is 19.0. The number of aromatic nitrogens is 2. The second kappa shape index (κ2) is 5.53. The minimum absolute atomic E-state index is 0.0578. The standard InChI is InChI=1S/C11H11N5O2S/c1-13-9-6-10(15-11(12)14-9)19-8-4-2-7(3-5-8)16(17)18/h2-6H,1H3,(H3,12,13,14,15). The zero-order valence-electron chi connectivity index (χ0n) is 10.0. The van der Waals surface area contributed by atoms with Gasteiger partial charge in [-0.05, 0) is 12.1 Å². The number of nitrogens with one attached hydrogen (secondary N) is 1. The van der Waals surface area contributed by atoms with E-state index in [1.54, 1.807) is 25.2 Å². The first kappa shape index (κ1) is 13.1. The number of nitro benzene ring substituents is 1. The van der Waals surface area contributed by atoms with Gasteiger partial charge in [0.2, 0.25) is 5.95 Å². The molecule has 2 rings (SSSR count). The Morgan fingerprint density at radius 3 is 2.58 bits per heavy atom. The first-order chi connectivity index (χ1) is 9.08. The molecule has 2 aromatic rings. The van der Waals surface area contributed by atoms with Crippen molar-refractivity contribution in [2.75, 3.05) is 18.1 Å². The van der Waals surface area contributed by atoms with Crippen molar-refractivity contribution < 1.29 is 4.92 Å².